The second-order valence-corrected chi connectivity index (χ2v) is 7.26. The molecule has 4 nitrogen and oxygen atoms in total. The molecule has 0 spiro atoms. The van der Waals surface area contributed by atoms with Gasteiger partial charge < -0.3 is 0 Å². The fourth-order valence-electron chi connectivity index (χ4n) is 2.37. The number of hydrogen-bond acceptors (Lipinski definition) is 3. The van der Waals surface area contributed by atoms with Crippen molar-refractivity contribution in [2.75, 3.05) is 17.8 Å². The summed E-state index contributed by atoms with van der Waals surface area (Å²) in [5, 5.41) is 0. The summed E-state index contributed by atoms with van der Waals surface area (Å²) >= 11 is 0. The Hall–Kier alpha value is -1.85. The molecule has 0 atom stereocenters. The fraction of sp³-hybridized carbons (Fsp3) is 0.333. The SMILES string of the molecule is CCN(CC)Cc1cccc(NS(=O)(=O)c2ccc(C)cc2)c1. The van der Waals surface area contributed by atoms with E-state index in [9.17, 15) is 8.42 Å². The maximum absolute atomic E-state index is 12.4. The van der Waals surface area contributed by atoms with Crippen molar-refractivity contribution in [2.24, 2.45) is 0 Å². The van der Waals surface area contributed by atoms with Crippen LogP contribution in [-0.4, -0.2) is 26.4 Å². The molecule has 5 heteroatoms. The van der Waals surface area contributed by atoms with Crippen LogP contribution in [0.25, 0.3) is 0 Å². The minimum absolute atomic E-state index is 0.275. The Morgan fingerprint density at radius 1 is 1.00 bits per heavy atom. The summed E-state index contributed by atoms with van der Waals surface area (Å²) in [6, 6.07) is 14.4. The van der Waals surface area contributed by atoms with Crippen molar-refractivity contribution in [1.29, 1.82) is 0 Å². The van der Waals surface area contributed by atoms with E-state index in [1.165, 1.54) is 0 Å². The summed E-state index contributed by atoms with van der Waals surface area (Å²) < 4.78 is 27.5. The van der Waals surface area contributed by atoms with E-state index in [2.05, 4.69) is 23.5 Å². The van der Waals surface area contributed by atoms with Crippen LogP contribution in [0.3, 0.4) is 0 Å². The molecule has 2 aromatic carbocycles. The van der Waals surface area contributed by atoms with E-state index in [1.807, 2.05) is 25.1 Å². The van der Waals surface area contributed by atoms with Gasteiger partial charge in [0, 0.05) is 12.2 Å². The van der Waals surface area contributed by atoms with Gasteiger partial charge in [-0.2, -0.15) is 0 Å². The summed E-state index contributed by atoms with van der Waals surface area (Å²) in [5.74, 6) is 0. The number of nitrogens with zero attached hydrogens (tertiary/aromatic N) is 1. The molecule has 0 unspecified atom stereocenters. The Balaban J connectivity index is 2.18. The van der Waals surface area contributed by atoms with Crippen LogP contribution in [-0.2, 0) is 16.6 Å². The lowest BCUT2D eigenvalue weighted by molar-refractivity contribution is 0.296. The molecular weight excluding hydrogens is 308 g/mol. The molecule has 2 rings (SSSR count). The van der Waals surface area contributed by atoms with Gasteiger partial charge in [0.25, 0.3) is 10.0 Å². The molecule has 0 aliphatic heterocycles. The Morgan fingerprint density at radius 2 is 1.65 bits per heavy atom. The number of aryl methyl sites for hydroxylation is 1. The van der Waals surface area contributed by atoms with Gasteiger partial charge in [-0.05, 0) is 49.8 Å². The lowest BCUT2D eigenvalue weighted by Gasteiger charge is -2.18. The number of rotatable bonds is 7. The van der Waals surface area contributed by atoms with E-state index in [-0.39, 0.29) is 4.90 Å². The van der Waals surface area contributed by atoms with E-state index in [0.29, 0.717) is 5.69 Å². The van der Waals surface area contributed by atoms with Crippen molar-refractivity contribution in [2.45, 2.75) is 32.2 Å². The van der Waals surface area contributed by atoms with Crippen molar-refractivity contribution in [3.05, 3.63) is 59.7 Å². The molecule has 0 aliphatic carbocycles. The smallest absolute Gasteiger partial charge is 0.261 e. The van der Waals surface area contributed by atoms with Gasteiger partial charge in [0.2, 0.25) is 0 Å². The van der Waals surface area contributed by atoms with E-state index in [0.717, 1.165) is 30.8 Å². The van der Waals surface area contributed by atoms with Crippen molar-refractivity contribution in [3.8, 4) is 0 Å². The third-order valence-corrected chi connectivity index (χ3v) is 5.21. The molecule has 0 aromatic heterocycles. The van der Waals surface area contributed by atoms with Crippen molar-refractivity contribution in [1.82, 2.24) is 4.90 Å². The second kappa shape index (κ2) is 7.62. The first kappa shape index (κ1) is 17.5. The van der Waals surface area contributed by atoms with Gasteiger partial charge in [-0.1, -0.05) is 43.7 Å². The molecule has 0 bridgehead atoms. The zero-order chi connectivity index (χ0) is 16.9. The first-order chi connectivity index (χ1) is 10.9. The number of sulfonamides is 1. The topological polar surface area (TPSA) is 49.4 Å². The van der Waals surface area contributed by atoms with E-state index < -0.39 is 10.0 Å². The molecular formula is C18H24N2O2S. The standard InChI is InChI=1S/C18H24N2O2S/c1-4-20(5-2)14-16-7-6-8-17(13-16)19-23(21,22)18-11-9-15(3)10-12-18/h6-13,19H,4-5,14H2,1-3H3. The van der Waals surface area contributed by atoms with Gasteiger partial charge >= 0.3 is 0 Å². The van der Waals surface area contributed by atoms with Crippen LogP contribution in [0.1, 0.15) is 25.0 Å². The summed E-state index contributed by atoms with van der Waals surface area (Å²) in [6.07, 6.45) is 0. The third-order valence-electron chi connectivity index (χ3n) is 3.81. The predicted molar refractivity (Wildman–Crippen MR) is 95.1 cm³/mol. The minimum atomic E-state index is -3.55. The molecule has 23 heavy (non-hydrogen) atoms. The highest BCUT2D eigenvalue weighted by molar-refractivity contribution is 7.92. The van der Waals surface area contributed by atoms with Crippen molar-refractivity contribution < 1.29 is 8.42 Å². The summed E-state index contributed by atoms with van der Waals surface area (Å²) in [4.78, 5) is 2.56. The Labute approximate surface area is 139 Å². The summed E-state index contributed by atoms with van der Waals surface area (Å²) in [7, 11) is -3.55. The monoisotopic (exact) mass is 332 g/mol. The maximum Gasteiger partial charge on any atom is 0.261 e. The highest BCUT2D eigenvalue weighted by Gasteiger charge is 2.14. The minimum Gasteiger partial charge on any atom is -0.300 e. The highest BCUT2D eigenvalue weighted by atomic mass is 32.2. The Morgan fingerprint density at radius 3 is 2.26 bits per heavy atom. The molecule has 0 amide bonds. The van der Waals surface area contributed by atoms with Crippen LogP contribution in [0, 0.1) is 6.92 Å². The zero-order valence-electron chi connectivity index (χ0n) is 13.9. The highest BCUT2D eigenvalue weighted by Crippen LogP contribution is 2.18. The largest absolute Gasteiger partial charge is 0.300 e. The number of anilines is 1. The van der Waals surface area contributed by atoms with Crippen molar-refractivity contribution >= 4 is 15.7 Å². The van der Waals surface area contributed by atoms with E-state index >= 15 is 0 Å². The van der Waals surface area contributed by atoms with Crippen LogP contribution < -0.4 is 4.72 Å². The normalized spacial score (nSPS) is 11.7. The zero-order valence-corrected chi connectivity index (χ0v) is 14.7. The lowest BCUT2D eigenvalue weighted by atomic mass is 10.2. The van der Waals surface area contributed by atoms with Crippen LogP contribution >= 0.6 is 0 Å². The van der Waals surface area contributed by atoms with Crippen molar-refractivity contribution in [3.63, 3.8) is 0 Å². The van der Waals surface area contributed by atoms with Gasteiger partial charge in [-0.25, -0.2) is 8.42 Å². The van der Waals surface area contributed by atoms with Crippen LogP contribution in [0.4, 0.5) is 5.69 Å². The third kappa shape index (κ3) is 4.81. The first-order valence-electron chi connectivity index (χ1n) is 7.85. The van der Waals surface area contributed by atoms with Gasteiger partial charge in [0.1, 0.15) is 0 Å². The molecule has 0 fully saturated rings. The molecule has 0 heterocycles. The molecule has 0 saturated carbocycles. The molecule has 1 N–H and O–H groups in total. The molecule has 0 saturated heterocycles. The predicted octanol–water partition coefficient (Wildman–Crippen LogP) is 3.64. The van der Waals surface area contributed by atoms with E-state index in [1.54, 1.807) is 30.3 Å². The Bertz CT molecular complexity index is 736. The molecule has 0 aliphatic rings. The Kier molecular flexibility index (Phi) is 5.80. The van der Waals surface area contributed by atoms with Crippen LogP contribution in [0.2, 0.25) is 0 Å². The average Bonchev–Trinajstić information content (AvgIpc) is 2.53. The fourth-order valence-corrected chi connectivity index (χ4v) is 3.42. The molecule has 0 radical (unpaired) electrons. The number of benzene rings is 2. The molecule has 124 valence electrons. The first-order valence-corrected chi connectivity index (χ1v) is 9.33. The van der Waals surface area contributed by atoms with Gasteiger partial charge in [0.15, 0.2) is 0 Å². The summed E-state index contributed by atoms with van der Waals surface area (Å²) in [5.41, 5.74) is 2.72. The maximum atomic E-state index is 12.4. The number of nitrogens with one attached hydrogen (secondary N) is 1. The lowest BCUT2D eigenvalue weighted by Crippen LogP contribution is -2.22. The second-order valence-electron chi connectivity index (χ2n) is 5.58. The number of hydrogen-bond donors (Lipinski definition) is 1. The quantitative estimate of drug-likeness (QED) is 0.842. The summed E-state index contributed by atoms with van der Waals surface area (Å²) in [6.45, 7) is 8.92. The van der Waals surface area contributed by atoms with Gasteiger partial charge in [-0.3, -0.25) is 9.62 Å². The molecule has 2 aromatic rings. The average molecular weight is 332 g/mol. The van der Waals surface area contributed by atoms with Gasteiger partial charge in [-0.15, -0.1) is 0 Å². The van der Waals surface area contributed by atoms with Crippen LogP contribution in [0.15, 0.2) is 53.4 Å². The van der Waals surface area contributed by atoms with E-state index in [4.69, 9.17) is 0 Å². The van der Waals surface area contributed by atoms with Crippen LogP contribution in [0.5, 0.6) is 0 Å². The van der Waals surface area contributed by atoms with Gasteiger partial charge in [0.05, 0.1) is 4.90 Å².